The molecular formula is C12H13NO2. The molecule has 3 heteroatoms. The lowest BCUT2D eigenvalue weighted by Crippen LogP contribution is -2.19. The number of nitrogens with one attached hydrogen (secondary N) is 1. The van der Waals surface area contributed by atoms with Crippen LogP contribution in [-0.2, 0) is 5.41 Å². The van der Waals surface area contributed by atoms with Crippen molar-refractivity contribution in [2.45, 2.75) is 11.8 Å². The summed E-state index contributed by atoms with van der Waals surface area (Å²) in [4.78, 5) is 10.7. The molecule has 2 fully saturated rings. The van der Waals surface area contributed by atoms with Gasteiger partial charge in [-0.1, -0.05) is 12.1 Å². The van der Waals surface area contributed by atoms with E-state index in [1.54, 1.807) is 12.1 Å². The number of hydrogen-bond acceptors (Lipinski definition) is 2. The first-order valence-corrected chi connectivity index (χ1v) is 5.27. The monoisotopic (exact) mass is 203 g/mol. The summed E-state index contributed by atoms with van der Waals surface area (Å²) in [6.45, 7) is 2.16. The lowest BCUT2D eigenvalue weighted by atomic mass is 9.94. The molecule has 1 heterocycles. The summed E-state index contributed by atoms with van der Waals surface area (Å²) in [6.07, 6.45) is 1.26. The third kappa shape index (κ3) is 1.20. The number of carbonyl (C=O) groups is 1. The van der Waals surface area contributed by atoms with Gasteiger partial charge in [0.2, 0.25) is 0 Å². The number of carboxylic acid groups (broad SMARTS) is 1. The zero-order chi connectivity index (χ0) is 10.5. The van der Waals surface area contributed by atoms with Crippen molar-refractivity contribution in [3.63, 3.8) is 0 Å². The molecule has 0 amide bonds. The molecule has 78 valence electrons. The number of benzene rings is 1. The van der Waals surface area contributed by atoms with Crippen LogP contribution in [0.25, 0.3) is 0 Å². The summed E-state index contributed by atoms with van der Waals surface area (Å²) in [7, 11) is 0. The van der Waals surface area contributed by atoms with Crippen LogP contribution in [0.1, 0.15) is 22.3 Å². The van der Waals surface area contributed by atoms with E-state index in [4.69, 9.17) is 5.11 Å². The molecule has 3 nitrogen and oxygen atoms in total. The lowest BCUT2D eigenvalue weighted by Gasteiger charge is -2.11. The maximum Gasteiger partial charge on any atom is 0.335 e. The molecule has 1 aliphatic heterocycles. The molecule has 1 aromatic carbocycles. The minimum Gasteiger partial charge on any atom is -0.478 e. The van der Waals surface area contributed by atoms with E-state index in [0.29, 0.717) is 11.0 Å². The number of rotatable bonds is 2. The first-order chi connectivity index (χ1) is 7.22. The van der Waals surface area contributed by atoms with E-state index in [2.05, 4.69) is 5.32 Å². The minimum atomic E-state index is -0.851. The van der Waals surface area contributed by atoms with E-state index < -0.39 is 5.97 Å². The van der Waals surface area contributed by atoms with Gasteiger partial charge in [-0.15, -0.1) is 0 Å². The molecule has 0 spiro atoms. The van der Waals surface area contributed by atoms with Crippen molar-refractivity contribution < 1.29 is 9.90 Å². The second-order valence-corrected chi connectivity index (χ2v) is 4.57. The van der Waals surface area contributed by atoms with Crippen LogP contribution in [0.3, 0.4) is 0 Å². The standard InChI is InChI=1S/C12H13NO2/c14-11(15)8-1-3-9(4-2-8)12-5-10(12)6-13-7-12/h1-4,10,13H,5-7H2,(H,14,15)/t10-,12+/m1/s1. The quantitative estimate of drug-likeness (QED) is 0.760. The van der Waals surface area contributed by atoms with Gasteiger partial charge in [-0.05, 0) is 36.6 Å². The third-order valence-electron chi connectivity index (χ3n) is 3.77. The topological polar surface area (TPSA) is 49.3 Å². The summed E-state index contributed by atoms with van der Waals surface area (Å²) in [5, 5.41) is 12.2. The Morgan fingerprint density at radius 2 is 2.13 bits per heavy atom. The number of carboxylic acids is 1. The molecule has 0 unspecified atom stereocenters. The zero-order valence-electron chi connectivity index (χ0n) is 8.36. The Balaban J connectivity index is 1.91. The molecule has 15 heavy (non-hydrogen) atoms. The lowest BCUT2D eigenvalue weighted by molar-refractivity contribution is 0.0697. The van der Waals surface area contributed by atoms with Crippen LogP contribution in [0.15, 0.2) is 24.3 Å². The number of piperidine rings is 1. The maximum absolute atomic E-state index is 10.7. The maximum atomic E-state index is 10.7. The molecule has 2 atom stereocenters. The molecule has 1 saturated carbocycles. The van der Waals surface area contributed by atoms with Crippen LogP contribution in [0.2, 0.25) is 0 Å². The second-order valence-electron chi connectivity index (χ2n) is 4.57. The highest BCUT2D eigenvalue weighted by molar-refractivity contribution is 5.87. The number of aromatic carboxylic acids is 1. The molecule has 1 aliphatic carbocycles. The number of hydrogen-bond donors (Lipinski definition) is 2. The average molecular weight is 203 g/mol. The summed E-state index contributed by atoms with van der Waals surface area (Å²) < 4.78 is 0. The van der Waals surface area contributed by atoms with Crippen molar-refractivity contribution in [3.05, 3.63) is 35.4 Å². The summed E-state index contributed by atoms with van der Waals surface area (Å²) in [5.74, 6) is -0.0795. The van der Waals surface area contributed by atoms with E-state index in [9.17, 15) is 4.79 Å². The van der Waals surface area contributed by atoms with Crippen molar-refractivity contribution >= 4 is 5.97 Å². The number of fused-ring (bicyclic) bond motifs is 1. The highest BCUT2D eigenvalue weighted by atomic mass is 16.4. The molecule has 1 aromatic rings. The molecule has 0 radical (unpaired) electrons. The minimum absolute atomic E-state index is 0.330. The van der Waals surface area contributed by atoms with E-state index in [1.165, 1.54) is 12.0 Å². The largest absolute Gasteiger partial charge is 0.478 e. The fourth-order valence-electron chi connectivity index (χ4n) is 2.73. The van der Waals surface area contributed by atoms with Crippen LogP contribution >= 0.6 is 0 Å². The molecule has 1 saturated heterocycles. The summed E-state index contributed by atoms with van der Waals surface area (Å²) in [6, 6.07) is 7.35. The molecule has 2 aliphatic rings. The van der Waals surface area contributed by atoms with Crippen LogP contribution in [-0.4, -0.2) is 24.2 Å². The smallest absolute Gasteiger partial charge is 0.335 e. The molecular weight excluding hydrogens is 190 g/mol. The second kappa shape index (κ2) is 2.83. The Morgan fingerprint density at radius 3 is 2.60 bits per heavy atom. The van der Waals surface area contributed by atoms with Crippen LogP contribution in [0, 0.1) is 5.92 Å². The molecule has 0 bridgehead atoms. The van der Waals surface area contributed by atoms with E-state index in [-0.39, 0.29) is 0 Å². The summed E-state index contributed by atoms with van der Waals surface area (Å²) >= 11 is 0. The molecule has 2 N–H and O–H groups in total. The van der Waals surface area contributed by atoms with Gasteiger partial charge in [0.05, 0.1) is 5.56 Å². The SMILES string of the molecule is O=C(O)c1ccc([C@]23CNC[C@H]2C3)cc1. The van der Waals surface area contributed by atoms with E-state index >= 15 is 0 Å². The van der Waals surface area contributed by atoms with Gasteiger partial charge in [0.1, 0.15) is 0 Å². The highest BCUT2D eigenvalue weighted by Crippen LogP contribution is 2.56. The Kier molecular flexibility index (Phi) is 1.68. The van der Waals surface area contributed by atoms with Crippen molar-refractivity contribution in [1.29, 1.82) is 0 Å². The van der Waals surface area contributed by atoms with Crippen LogP contribution in [0.4, 0.5) is 0 Å². The first kappa shape index (κ1) is 8.92. The Labute approximate surface area is 88.1 Å². The van der Waals surface area contributed by atoms with Crippen LogP contribution < -0.4 is 5.32 Å². The van der Waals surface area contributed by atoms with E-state index in [0.717, 1.165) is 19.0 Å². The van der Waals surface area contributed by atoms with Gasteiger partial charge in [0, 0.05) is 12.0 Å². The van der Waals surface area contributed by atoms with Crippen molar-refractivity contribution in [3.8, 4) is 0 Å². The van der Waals surface area contributed by atoms with Gasteiger partial charge >= 0.3 is 5.97 Å². The first-order valence-electron chi connectivity index (χ1n) is 5.27. The van der Waals surface area contributed by atoms with Crippen molar-refractivity contribution in [2.75, 3.05) is 13.1 Å². The van der Waals surface area contributed by atoms with Gasteiger partial charge in [-0.3, -0.25) is 0 Å². The Hall–Kier alpha value is -1.35. The van der Waals surface area contributed by atoms with Gasteiger partial charge in [-0.25, -0.2) is 4.79 Å². The fourth-order valence-corrected chi connectivity index (χ4v) is 2.73. The predicted molar refractivity (Wildman–Crippen MR) is 56.1 cm³/mol. The molecule has 0 aromatic heterocycles. The van der Waals surface area contributed by atoms with Gasteiger partial charge < -0.3 is 10.4 Å². The predicted octanol–water partition coefficient (Wildman–Crippen LogP) is 1.25. The summed E-state index contributed by atoms with van der Waals surface area (Å²) in [5.41, 5.74) is 2.00. The third-order valence-corrected chi connectivity index (χ3v) is 3.77. The van der Waals surface area contributed by atoms with Gasteiger partial charge in [-0.2, -0.15) is 0 Å². The normalized spacial score (nSPS) is 32.4. The Morgan fingerprint density at radius 1 is 1.40 bits per heavy atom. The van der Waals surface area contributed by atoms with Crippen molar-refractivity contribution in [2.24, 2.45) is 5.92 Å². The Bertz CT molecular complexity index is 412. The van der Waals surface area contributed by atoms with Crippen molar-refractivity contribution in [1.82, 2.24) is 5.32 Å². The van der Waals surface area contributed by atoms with Gasteiger partial charge in [0.15, 0.2) is 0 Å². The van der Waals surface area contributed by atoms with Gasteiger partial charge in [0.25, 0.3) is 0 Å². The highest BCUT2D eigenvalue weighted by Gasteiger charge is 2.57. The fraction of sp³-hybridized carbons (Fsp3) is 0.417. The average Bonchev–Trinajstić information content (AvgIpc) is 2.82. The molecule has 3 rings (SSSR count). The van der Waals surface area contributed by atoms with E-state index in [1.807, 2.05) is 12.1 Å². The van der Waals surface area contributed by atoms with Crippen LogP contribution in [0.5, 0.6) is 0 Å². The zero-order valence-corrected chi connectivity index (χ0v) is 8.36.